The minimum absolute atomic E-state index is 0.121. The third-order valence-electron chi connectivity index (χ3n) is 7.26. The van der Waals surface area contributed by atoms with Crippen LogP contribution < -0.4 is 5.32 Å². The normalized spacial score (nSPS) is 21.5. The summed E-state index contributed by atoms with van der Waals surface area (Å²) >= 11 is 0. The Kier molecular flexibility index (Phi) is 8.01. The number of hydrogen-bond donors (Lipinski definition) is 1. The number of non-ortho nitro benzene ring substituents is 1. The molecule has 1 N–H and O–H groups in total. The molecular weight excluding hydrogens is 494 g/mol. The number of benzene rings is 2. The molecule has 0 radical (unpaired) electrons. The maximum Gasteiger partial charge on any atom is 0.299 e. The predicted molar refractivity (Wildman–Crippen MR) is 143 cm³/mol. The first-order valence-corrected chi connectivity index (χ1v) is 14.9. The standard InChI is InChI=1S/C26H33N3O7Si/c1-7-14-35-26(17-30)20-11-9-8-10-19(20)22(16-24(26)36-37(5,6)25(2,3)4)27-21-13-12-18(28(31)32)15-23(21)29(33)34/h7-13,15,17,22,24,27H,1,14,16H2,2-6H3/t22?,24-,26+/m0/s1. The summed E-state index contributed by atoms with van der Waals surface area (Å²) in [5.41, 5.74) is -0.737. The summed E-state index contributed by atoms with van der Waals surface area (Å²) in [7, 11) is -2.40. The highest BCUT2D eigenvalue weighted by Crippen LogP contribution is 2.48. The molecule has 1 aliphatic carbocycles. The van der Waals surface area contributed by atoms with Gasteiger partial charge in [-0.05, 0) is 35.3 Å². The number of nitrogens with one attached hydrogen (secondary N) is 1. The van der Waals surface area contributed by atoms with Crippen molar-refractivity contribution in [2.45, 2.75) is 63.1 Å². The van der Waals surface area contributed by atoms with Crippen LogP contribution >= 0.6 is 0 Å². The molecule has 0 heterocycles. The first kappa shape index (κ1) is 28.2. The SMILES string of the molecule is C=CCO[C@]1(C=O)c2ccccc2C(Nc2ccc([N+](=O)[O-])cc2[N+](=O)[O-])C[C@@H]1O[Si](C)(C)C(C)(C)C. The molecule has 1 unspecified atom stereocenters. The number of ether oxygens (including phenoxy) is 1. The van der Waals surface area contributed by atoms with E-state index in [1.165, 1.54) is 12.1 Å². The van der Waals surface area contributed by atoms with E-state index in [9.17, 15) is 25.0 Å². The molecule has 0 saturated heterocycles. The molecular formula is C26H33N3O7Si. The van der Waals surface area contributed by atoms with Crippen molar-refractivity contribution in [1.29, 1.82) is 0 Å². The second-order valence-corrected chi connectivity index (χ2v) is 15.4. The van der Waals surface area contributed by atoms with Crippen LogP contribution in [0.5, 0.6) is 0 Å². The summed E-state index contributed by atoms with van der Waals surface area (Å²) in [6.07, 6.45) is 1.92. The van der Waals surface area contributed by atoms with E-state index in [1.807, 2.05) is 12.1 Å². The molecule has 2 aromatic carbocycles. The molecule has 0 bridgehead atoms. The zero-order valence-electron chi connectivity index (χ0n) is 21.7. The molecule has 11 heteroatoms. The van der Waals surface area contributed by atoms with E-state index in [0.717, 1.165) is 17.9 Å². The van der Waals surface area contributed by atoms with Gasteiger partial charge in [-0.15, -0.1) is 6.58 Å². The van der Waals surface area contributed by atoms with Gasteiger partial charge in [-0.2, -0.15) is 0 Å². The molecule has 3 rings (SSSR count). The van der Waals surface area contributed by atoms with Crippen molar-refractivity contribution in [3.8, 4) is 0 Å². The first-order chi connectivity index (χ1) is 17.3. The third-order valence-corrected chi connectivity index (χ3v) is 11.7. The van der Waals surface area contributed by atoms with Gasteiger partial charge in [-0.1, -0.05) is 51.1 Å². The molecule has 1 aliphatic rings. The minimum atomic E-state index is -2.40. The van der Waals surface area contributed by atoms with E-state index in [1.54, 1.807) is 18.2 Å². The monoisotopic (exact) mass is 527 g/mol. The van der Waals surface area contributed by atoms with Crippen LogP contribution in [0.4, 0.5) is 17.1 Å². The van der Waals surface area contributed by atoms with Crippen molar-refractivity contribution in [2.75, 3.05) is 11.9 Å². The van der Waals surface area contributed by atoms with Gasteiger partial charge in [0.05, 0.1) is 34.7 Å². The van der Waals surface area contributed by atoms with Gasteiger partial charge in [-0.3, -0.25) is 25.0 Å². The van der Waals surface area contributed by atoms with E-state index in [4.69, 9.17) is 9.16 Å². The van der Waals surface area contributed by atoms with E-state index in [2.05, 4.69) is 45.8 Å². The lowest BCUT2D eigenvalue weighted by Gasteiger charge is -2.49. The Hall–Kier alpha value is -3.41. The van der Waals surface area contributed by atoms with Gasteiger partial charge in [0.2, 0.25) is 0 Å². The van der Waals surface area contributed by atoms with Crippen LogP contribution in [0.3, 0.4) is 0 Å². The highest BCUT2D eigenvalue weighted by Gasteiger charge is 2.53. The second-order valence-electron chi connectivity index (χ2n) is 10.6. The molecule has 2 aromatic rings. The van der Waals surface area contributed by atoms with Gasteiger partial charge in [-0.25, -0.2) is 0 Å². The maximum absolute atomic E-state index is 12.8. The highest BCUT2D eigenvalue weighted by atomic mass is 28.4. The van der Waals surface area contributed by atoms with Gasteiger partial charge in [0.15, 0.2) is 20.2 Å². The van der Waals surface area contributed by atoms with Crippen LogP contribution in [0.15, 0.2) is 55.1 Å². The molecule has 3 atom stereocenters. The smallest absolute Gasteiger partial charge is 0.299 e. The average Bonchev–Trinajstić information content (AvgIpc) is 2.83. The van der Waals surface area contributed by atoms with E-state index >= 15 is 0 Å². The molecule has 198 valence electrons. The number of aldehydes is 1. The summed E-state index contributed by atoms with van der Waals surface area (Å²) in [6, 6.07) is 10.2. The number of anilines is 1. The Bertz CT molecular complexity index is 1210. The van der Waals surface area contributed by atoms with Crippen molar-refractivity contribution in [3.63, 3.8) is 0 Å². The fraction of sp³-hybridized carbons (Fsp3) is 0.423. The largest absolute Gasteiger partial charge is 0.410 e. The molecule has 0 saturated carbocycles. The number of nitro benzene ring substituents is 2. The fourth-order valence-electron chi connectivity index (χ4n) is 4.29. The van der Waals surface area contributed by atoms with E-state index in [0.29, 0.717) is 5.56 Å². The molecule has 0 aliphatic heterocycles. The van der Waals surface area contributed by atoms with Crippen molar-refractivity contribution < 1.29 is 23.8 Å². The summed E-state index contributed by atoms with van der Waals surface area (Å²) < 4.78 is 13.0. The zero-order valence-corrected chi connectivity index (χ0v) is 22.7. The second kappa shape index (κ2) is 10.5. The van der Waals surface area contributed by atoms with Crippen LogP contribution in [0.25, 0.3) is 0 Å². The first-order valence-electron chi connectivity index (χ1n) is 11.9. The Morgan fingerprint density at radius 1 is 1.16 bits per heavy atom. The molecule has 37 heavy (non-hydrogen) atoms. The lowest BCUT2D eigenvalue weighted by Crippen LogP contribution is -2.56. The van der Waals surface area contributed by atoms with Crippen molar-refractivity contribution in [3.05, 3.63) is 86.5 Å². The van der Waals surface area contributed by atoms with Crippen molar-refractivity contribution in [1.82, 2.24) is 0 Å². The van der Waals surface area contributed by atoms with Gasteiger partial charge in [0, 0.05) is 12.5 Å². The number of nitrogens with zero attached hydrogens (tertiary/aromatic N) is 2. The number of nitro groups is 2. The fourth-order valence-corrected chi connectivity index (χ4v) is 5.62. The Morgan fingerprint density at radius 2 is 1.84 bits per heavy atom. The van der Waals surface area contributed by atoms with Crippen LogP contribution in [-0.2, 0) is 19.6 Å². The molecule has 0 spiro atoms. The third kappa shape index (κ3) is 5.48. The minimum Gasteiger partial charge on any atom is -0.410 e. The van der Waals surface area contributed by atoms with Crippen LogP contribution in [0, 0.1) is 20.2 Å². The number of carbonyl (C=O) groups excluding carboxylic acids is 1. The molecule has 0 fully saturated rings. The maximum atomic E-state index is 12.8. The Balaban J connectivity index is 2.15. The van der Waals surface area contributed by atoms with Gasteiger partial charge < -0.3 is 14.5 Å². The van der Waals surface area contributed by atoms with Crippen molar-refractivity contribution >= 4 is 31.7 Å². The average molecular weight is 528 g/mol. The van der Waals surface area contributed by atoms with Crippen LogP contribution in [-0.4, -0.2) is 37.2 Å². The highest BCUT2D eigenvalue weighted by molar-refractivity contribution is 6.74. The Morgan fingerprint density at radius 3 is 2.41 bits per heavy atom. The summed E-state index contributed by atoms with van der Waals surface area (Å²) in [5.74, 6) is 0. The van der Waals surface area contributed by atoms with Gasteiger partial charge >= 0.3 is 0 Å². The quantitative estimate of drug-likeness (QED) is 0.130. The number of hydrogen-bond acceptors (Lipinski definition) is 8. The number of carbonyl (C=O) groups is 1. The lowest BCUT2D eigenvalue weighted by atomic mass is 9.75. The predicted octanol–water partition coefficient (Wildman–Crippen LogP) is 6.05. The topological polar surface area (TPSA) is 134 Å². The van der Waals surface area contributed by atoms with Gasteiger partial charge in [0.1, 0.15) is 5.69 Å². The lowest BCUT2D eigenvalue weighted by molar-refractivity contribution is -0.393. The van der Waals surface area contributed by atoms with Gasteiger partial charge in [0.25, 0.3) is 11.4 Å². The molecule has 10 nitrogen and oxygen atoms in total. The molecule has 0 amide bonds. The number of rotatable bonds is 10. The van der Waals surface area contributed by atoms with E-state index in [-0.39, 0.29) is 29.4 Å². The zero-order chi connectivity index (χ0) is 27.6. The number of fused-ring (bicyclic) bond motifs is 1. The summed E-state index contributed by atoms with van der Waals surface area (Å²) in [6.45, 7) is 14.3. The van der Waals surface area contributed by atoms with Crippen LogP contribution in [0.1, 0.15) is 44.4 Å². The van der Waals surface area contributed by atoms with Crippen LogP contribution in [0.2, 0.25) is 18.1 Å². The van der Waals surface area contributed by atoms with Crippen molar-refractivity contribution in [2.24, 2.45) is 0 Å². The summed E-state index contributed by atoms with van der Waals surface area (Å²) in [4.78, 5) is 34.4. The van der Waals surface area contributed by atoms with E-state index < -0.39 is 41.6 Å². The summed E-state index contributed by atoms with van der Waals surface area (Å²) in [5, 5.41) is 26.0. The molecule has 0 aromatic heterocycles. The Labute approximate surface area is 217 Å².